The minimum atomic E-state index is -1.79. The van der Waals surface area contributed by atoms with Gasteiger partial charge in [0.2, 0.25) is 0 Å². The number of nitrogens with zero attached hydrogens (tertiary/aromatic N) is 2. The lowest BCUT2D eigenvalue weighted by molar-refractivity contribution is -0.144. The van der Waals surface area contributed by atoms with E-state index >= 15 is 0 Å². The minimum absolute atomic E-state index is 0.00335. The molecule has 2 aromatic rings. The van der Waals surface area contributed by atoms with E-state index in [0.717, 1.165) is 0 Å². The van der Waals surface area contributed by atoms with Crippen LogP contribution in [0.2, 0.25) is 0 Å². The van der Waals surface area contributed by atoms with Gasteiger partial charge in [-0.15, -0.1) is 0 Å². The van der Waals surface area contributed by atoms with E-state index in [1.165, 1.54) is 16.9 Å². The lowest BCUT2D eigenvalue weighted by atomic mass is 9.82. The Balaban J connectivity index is 1.79. The van der Waals surface area contributed by atoms with E-state index < -0.39 is 28.9 Å². The third-order valence-electron chi connectivity index (χ3n) is 6.46. The van der Waals surface area contributed by atoms with Gasteiger partial charge in [-0.2, -0.15) is 0 Å². The Hall–Kier alpha value is -3.85. The molecular formula is C25H24N2O7. The van der Waals surface area contributed by atoms with Gasteiger partial charge in [0, 0.05) is 31.3 Å². The molecule has 1 atom stereocenters. The van der Waals surface area contributed by atoms with Crippen LogP contribution >= 0.6 is 0 Å². The lowest BCUT2D eigenvalue weighted by Gasteiger charge is -2.34. The average molecular weight is 464 g/mol. The molecule has 1 spiro atoms. The fourth-order valence-electron chi connectivity index (χ4n) is 5.00. The number of likely N-dealkylation sites (N-methyl/N-ethyl adjacent to an activating group) is 1. The molecule has 1 saturated heterocycles. The molecule has 0 aromatic heterocycles. The van der Waals surface area contributed by atoms with Crippen LogP contribution in [0.15, 0.2) is 48.0 Å². The molecule has 9 heteroatoms. The zero-order chi connectivity index (χ0) is 24.0. The van der Waals surface area contributed by atoms with Crippen molar-refractivity contribution < 1.29 is 33.7 Å². The number of carbonyl (C=O) groups excluding carboxylic acids is 3. The Morgan fingerprint density at radius 3 is 2.56 bits per heavy atom. The number of aliphatic hydroxyl groups is 1. The number of benzene rings is 2. The minimum Gasteiger partial charge on any atom is -0.507 e. The number of likely N-dealkylation sites (tertiary alicyclic amines) is 1. The summed E-state index contributed by atoms with van der Waals surface area (Å²) in [5.74, 6) is -1.78. The van der Waals surface area contributed by atoms with Crippen molar-refractivity contribution in [2.45, 2.75) is 12.5 Å². The van der Waals surface area contributed by atoms with E-state index in [9.17, 15) is 19.5 Å². The number of anilines is 1. The molecule has 176 valence electrons. The second-order valence-corrected chi connectivity index (χ2v) is 8.14. The predicted octanol–water partition coefficient (Wildman–Crippen LogP) is 2.05. The maximum absolute atomic E-state index is 14.0. The van der Waals surface area contributed by atoms with Gasteiger partial charge < -0.3 is 29.1 Å². The fraction of sp³-hybridized carbons (Fsp3) is 0.320. The maximum atomic E-state index is 14.0. The largest absolute Gasteiger partial charge is 0.507 e. The normalized spacial score (nSPS) is 22.6. The second-order valence-electron chi connectivity index (χ2n) is 8.14. The zero-order valence-corrected chi connectivity index (χ0v) is 18.9. The Bertz CT molecular complexity index is 1240. The van der Waals surface area contributed by atoms with E-state index in [1.54, 1.807) is 42.5 Å². The summed E-state index contributed by atoms with van der Waals surface area (Å²) in [6.07, 6.45) is 0. The molecule has 0 radical (unpaired) electrons. The first-order valence-electron chi connectivity index (χ1n) is 11.1. The summed E-state index contributed by atoms with van der Waals surface area (Å²) in [5.41, 5.74) is -0.757. The van der Waals surface area contributed by atoms with E-state index in [2.05, 4.69) is 0 Å². The number of Topliss-reactive ketones (excluding diaryl/α,β-unsaturated/α-hetero) is 1. The van der Waals surface area contributed by atoms with Gasteiger partial charge in [0.1, 0.15) is 19.0 Å². The van der Waals surface area contributed by atoms with Gasteiger partial charge in [-0.25, -0.2) is 0 Å². The van der Waals surface area contributed by atoms with Crippen molar-refractivity contribution in [3.05, 3.63) is 59.2 Å². The van der Waals surface area contributed by atoms with Gasteiger partial charge in [-0.1, -0.05) is 18.2 Å². The van der Waals surface area contributed by atoms with E-state index in [4.69, 9.17) is 14.2 Å². The first-order valence-corrected chi connectivity index (χ1v) is 11.1. The van der Waals surface area contributed by atoms with Gasteiger partial charge in [-0.05, 0) is 31.2 Å². The molecule has 2 aromatic carbocycles. The quantitative estimate of drug-likeness (QED) is 0.410. The molecule has 1 fully saturated rings. The first kappa shape index (κ1) is 22.0. The summed E-state index contributed by atoms with van der Waals surface area (Å²) in [6, 6.07) is 11.8. The summed E-state index contributed by atoms with van der Waals surface area (Å²) in [7, 11) is 1.47. The van der Waals surface area contributed by atoms with Crippen LogP contribution < -0.4 is 14.4 Å². The van der Waals surface area contributed by atoms with Crippen molar-refractivity contribution in [3.63, 3.8) is 0 Å². The number of ether oxygens (including phenoxy) is 3. The molecule has 3 aliphatic rings. The number of fused-ring (bicyclic) bond motifs is 3. The van der Waals surface area contributed by atoms with Crippen molar-refractivity contribution in [3.8, 4) is 11.5 Å². The number of methoxy groups -OCH3 is 1. The number of carbonyl (C=O) groups is 3. The van der Waals surface area contributed by atoms with Crippen molar-refractivity contribution in [1.82, 2.24) is 4.90 Å². The van der Waals surface area contributed by atoms with Crippen LogP contribution in [0.4, 0.5) is 5.69 Å². The number of hydrogen-bond acceptors (Lipinski definition) is 7. The topological polar surface area (TPSA) is 106 Å². The predicted molar refractivity (Wildman–Crippen MR) is 122 cm³/mol. The molecule has 0 bridgehead atoms. The number of ketones is 1. The van der Waals surface area contributed by atoms with E-state index in [1.807, 2.05) is 6.92 Å². The maximum Gasteiger partial charge on any atom is 0.296 e. The van der Waals surface area contributed by atoms with Crippen LogP contribution in [0.3, 0.4) is 0 Å². The molecule has 0 unspecified atom stereocenters. The van der Waals surface area contributed by atoms with Crippen LogP contribution in [0.25, 0.3) is 5.76 Å². The number of hydrogen-bond donors (Lipinski definition) is 1. The Labute approximate surface area is 196 Å². The highest BCUT2D eigenvalue weighted by Gasteiger charge is 2.66. The van der Waals surface area contributed by atoms with E-state index in [0.29, 0.717) is 42.5 Å². The van der Waals surface area contributed by atoms with Crippen LogP contribution in [-0.2, 0) is 24.7 Å². The fourth-order valence-corrected chi connectivity index (χ4v) is 5.00. The molecular weight excluding hydrogens is 440 g/mol. The van der Waals surface area contributed by atoms with Crippen molar-refractivity contribution in [2.24, 2.45) is 0 Å². The second kappa shape index (κ2) is 8.18. The average Bonchev–Trinajstić information content (AvgIpc) is 3.24. The number of para-hydroxylation sites is 1. The monoisotopic (exact) mass is 464 g/mol. The standard InChI is InChI=1S/C25H24N2O7/c1-3-26-17-7-5-4-6-16(17)25(24(26)31)20(22(29)23(30)27(25)10-11-32-2)21(28)15-8-9-18-19(14-15)34-13-12-33-18/h4-9,14,28H,3,10-13H2,1-2H3/b21-20-/t25-/m0/s1. The Morgan fingerprint density at radius 1 is 1.09 bits per heavy atom. The molecule has 0 saturated carbocycles. The van der Waals surface area contributed by atoms with Crippen LogP contribution in [0.5, 0.6) is 11.5 Å². The molecule has 34 heavy (non-hydrogen) atoms. The van der Waals surface area contributed by atoms with Crippen molar-refractivity contribution >= 4 is 29.0 Å². The highest BCUT2D eigenvalue weighted by atomic mass is 16.6. The van der Waals surface area contributed by atoms with E-state index in [-0.39, 0.29) is 24.3 Å². The lowest BCUT2D eigenvalue weighted by Crippen LogP contribution is -2.52. The number of rotatable bonds is 5. The van der Waals surface area contributed by atoms with Gasteiger partial charge in [0.25, 0.3) is 17.6 Å². The third-order valence-corrected chi connectivity index (χ3v) is 6.46. The smallest absolute Gasteiger partial charge is 0.296 e. The first-order chi connectivity index (χ1) is 16.5. The van der Waals surface area contributed by atoms with Gasteiger partial charge in [0.15, 0.2) is 17.0 Å². The summed E-state index contributed by atoms with van der Waals surface area (Å²) >= 11 is 0. The van der Waals surface area contributed by atoms with Gasteiger partial charge in [-0.3, -0.25) is 14.4 Å². The van der Waals surface area contributed by atoms with Crippen molar-refractivity contribution in [2.75, 3.05) is 44.9 Å². The molecule has 0 aliphatic carbocycles. The van der Waals surface area contributed by atoms with Crippen LogP contribution in [0, 0.1) is 0 Å². The highest BCUT2D eigenvalue weighted by Crippen LogP contribution is 2.53. The summed E-state index contributed by atoms with van der Waals surface area (Å²) < 4.78 is 16.3. The van der Waals surface area contributed by atoms with Gasteiger partial charge in [0.05, 0.1) is 17.9 Å². The van der Waals surface area contributed by atoms with Crippen LogP contribution in [0.1, 0.15) is 18.1 Å². The SMILES string of the molecule is CCN1C(=O)[C@@]2(/C(=C(\O)c3ccc4c(c3)OCCO4)C(=O)C(=O)N2CCOC)c2ccccc21. The van der Waals surface area contributed by atoms with Gasteiger partial charge >= 0.3 is 0 Å². The number of amides is 2. The van der Waals surface area contributed by atoms with Crippen LogP contribution in [-0.4, -0.2) is 67.6 Å². The molecule has 9 nitrogen and oxygen atoms in total. The van der Waals surface area contributed by atoms with Crippen molar-refractivity contribution in [1.29, 1.82) is 0 Å². The number of aliphatic hydroxyl groups excluding tert-OH is 1. The summed E-state index contributed by atoms with van der Waals surface area (Å²) in [6.45, 7) is 3.00. The molecule has 3 aliphatic heterocycles. The molecule has 2 amide bonds. The Kier molecular flexibility index (Phi) is 5.28. The molecule has 3 heterocycles. The molecule has 1 N–H and O–H groups in total. The Morgan fingerprint density at radius 2 is 1.82 bits per heavy atom. The molecule has 5 rings (SSSR count). The zero-order valence-electron chi connectivity index (χ0n) is 18.9. The summed E-state index contributed by atoms with van der Waals surface area (Å²) in [4.78, 5) is 43.4. The highest BCUT2D eigenvalue weighted by molar-refractivity contribution is 6.50. The third kappa shape index (κ3) is 2.86. The summed E-state index contributed by atoms with van der Waals surface area (Å²) in [5, 5.41) is 11.5.